The molecule has 1 aromatic carbocycles. The molecule has 5 nitrogen and oxygen atoms in total. The normalized spacial score (nSPS) is 14.1. The van der Waals surface area contributed by atoms with Crippen LogP contribution >= 0.6 is 0 Å². The fraction of sp³-hybridized carbons (Fsp3) is 0.409. The van der Waals surface area contributed by atoms with E-state index >= 15 is 0 Å². The van der Waals surface area contributed by atoms with Crippen LogP contribution in [0.4, 0.5) is 0 Å². The van der Waals surface area contributed by atoms with E-state index in [1.54, 1.807) is 0 Å². The van der Waals surface area contributed by atoms with Gasteiger partial charge in [0.25, 0.3) is 0 Å². The Morgan fingerprint density at radius 2 is 2.07 bits per heavy atom. The number of ether oxygens (including phenoxy) is 1. The molecule has 1 saturated carbocycles. The molecule has 27 heavy (non-hydrogen) atoms. The Hall–Kier alpha value is -2.69. The fourth-order valence-corrected chi connectivity index (χ4v) is 3.51. The second-order valence-corrected chi connectivity index (χ2v) is 7.82. The monoisotopic (exact) mass is 363 g/mol. The number of hydrogen-bond acceptors (Lipinski definition) is 4. The summed E-state index contributed by atoms with van der Waals surface area (Å²) in [5.74, 6) is 0.786. The van der Waals surface area contributed by atoms with Crippen molar-refractivity contribution >= 4 is 16.9 Å². The van der Waals surface area contributed by atoms with E-state index in [1.165, 1.54) is 20.0 Å². The van der Waals surface area contributed by atoms with Gasteiger partial charge < -0.3 is 4.74 Å². The van der Waals surface area contributed by atoms with Crippen molar-refractivity contribution in [2.24, 2.45) is 5.92 Å². The van der Waals surface area contributed by atoms with Crippen LogP contribution < -0.4 is 0 Å². The molecule has 1 aliphatic carbocycles. The molecule has 3 aromatic rings. The summed E-state index contributed by atoms with van der Waals surface area (Å²) in [5, 5.41) is 5.62. The van der Waals surface area contributed by atoms with Gasteiger partial charge in [-0.2, -0.15) is 5.10 Å². The van der Waals surface area contributed by atoms with Crippen LogP contribution in [0.3, 0.4) is 0 Å². The fourth-order valence-electron chi connectivity index (χ4n) is 3.51. The third kappa shape index (κ3) is 3.72. The van der Waals surface area contributed by atoms with Crippen LogP contribution in [0.5, 0.6) is 0 Å². The zero-order valence-electron chi connectivity index (χ0n) is 16.1. The number of hydrogen-bond donors (Lipinski definition) is 0. The molecule has 140 valence electrons. The molecule has 0 bridgehead atoms. The van der Waals surface area contributed by atoms with Gasteiger partial charge >= 0.3 is 5.97 Å². The quantitative estimate of drug-likeness (QED) is 0.611. The van der Waals surface area contributed by atoms with Gasteiger partial charge in [-0.25, -0.2) is 4.79 Å². The maximum absolute atomic E-state index is 12.3. The van der Waals surface area contributed by atoms with Crippen LogP contribution in [0.2, 0.25) is 0 Å². The minimum Gasteiger partial charge on any atom is -0.465 e. The van der Waals surface area contributed by atoms with Crippen molar-refractivity contribution in [3.63, 3.8) is 0 Å². The standard InChI is InChI=1S/C22H25N3O2/c1-14(2)13-25-21-7-4-15(8-18(21)12-24-25)9-20-19(22(26)27-3)10-17(11-23-20)16-5-6-16/h4,7-8,10-12,14,16H,5-6,9,13H2,1-3H3. The highest BCUT2D eigenvalue weighted by Gasteiger charge is 2.26. The molecule has 0 spiro atoms. The number of methoxy groups -OCH3 is 1. The highest BCUT2D eigenvalue weighted by molar-refractivity contribution is 5.91. The molecule has 0 amide bonds. The number of carbonyl (C=O) groups excluding carboxylic acids is 1. The summed E-state index contributed by atoms with van der Waals surface area (Å²) >= 11 is 0. The van der Waals surface area contributed by atoms with Crippen molar-refractivity contribution in [3.8, 4) is 0 Å². The molecule has 0 radical (unpaired) electrons. The lowest BCUT2D eigenvalue weighted by Crippen LogP contribution is -2.09. The van der Waals surface area contributed by atoms with Gasteiger partial charge in [0, 0.05) is 24.5 Å². The van der Waals surface area contributed by atoms with E-state index in [9.17, 15) is 4.79 Å². The minimum atomic E-state index is -0.314. The molecule has 0 N–H and O–H groups in total. The van der Waals surface area contributed by atoms with E-state index < -0.39 is 0 Å². The minimum absolute atomic E-state index is 0.314. The van der Waals surface area contributed by atoms with Crippen molar-refractivity contribution in [1.29, 1.82) is 0 Å². The number of benzene rings is 1. The zero-order chi connectivity index (χ0) is 19.0. The number of pyridine rings is 1. The van der Waals surface area contributed by atoms with Gasteiger partial charge in [0.2, 0.25) is 0 Å². The molecule has 0 atom stereocenters. The summed E-state index contributed by atoms with van der Waals surface area (Å²) < 4.78 is 7.04. The summed E-state index contributed by atoms with van der Waals surface area (Å²) in [4.78, 5) is 16.9. The van der Waals surface area contributed by atoms with Crippen molar-refractivity contribution in [3.05, 3.63) is 59.0 Å². The van der Waals surface area contributed by atoms with Crippen molar-refractivity contribution in [1.82, 2.24) is 14.8 Å². The first-order valence-corrected chi connectivity index (χ1v) is 9.56. The van der Waals surface area contributed by atoms with E-state index in [2.05, 4.69) is 42.1 Å². The van der Waals surface area contributed by atoms with Gasteiger partial charge in [-0.1, -0.05) is 19.9 Å². The second-order valence-electron chi connectivity index (χ2n) is 7.82. The number of carbonyl (C=O) groups is 1. The Balaban J connectivity index is 1.64. The zero-order valence-corrected chi connectivity index (χ0v) is 16.1. The molecule has 2 aromatic heterocycles. The first-order chi connectivity index (χ1) is 13.0. The second kappa shape index (κ2) is 7.14. The number of esters is 1. The topological polar surface area (TPSA) is 57.0 Å². The highest BCUT2D eigenvalue weighted by atomic mass is 16.5. The molecule has 0 saturated heterocycles. The van der Waals surface area contributed by atoms with Gasteiger partial charge in [0.1, 0.15) is 0 Å². The van der Waals surface area contributed by atoms with Crippen molar-refractivity contribution < 1.29 is 9.53 Å². The van der Waals surface area contributed by atoms with E-state index in [0.717, 1.165) is 34.3 Å². The third-order valence-corrected chi connectivity index (χ3v) is 5.06. The largest absolute Gasteiger partial charge is 0.465 e. The first kappa shape index (κ1) is 17.7. The SMILES string of the molecule is COC(=O)c1cc(C2CC2)cnc1Cc1ccc2c(cnn2CC(C)C)c1. The highest BCUT2D eigenvalue weighted by Crippen LogP contribution is 2.40. The summed E-state index contributed by atoms with van der Waals surface area (Å²) in [6, 6.07) is 8.30. The summed E-state index contributed by atoms with van der Waals surface area (Å²) in [7, 11) is 1.42. The first-order valence-electron chi connectivity index (χ1n) is 9.56. The van der Waals surface area contributed by atoms with E-state index in [-0.39, 0.29) is 5.97 Å². The summed E-state index contributed by atoms with van der Waals surface area (Å²) in [6.45, 7) is 5.28. The predicted molar refractivity (Wildman–Crippen MR) is 105 cm³/mol. The molecule has 1 aliphatic rings. The Labute approximate surface area is 159 Å². The lowest BCUT2D eigenvalue weighted by Gasteiger charge is -2.10. The van der Waals surface area contributed by atoms with Gasteiger partial charge in [-0.3, -0.25) is 9.67 Å². The number of rotatable bonds is 6. The average molecular weight is 363 g/mol. The predicted octanol–water partition coefficient (Wildman–Crippen LogP) is 4.34. The lowest BCUT2D eigenvalue weighted by atomic mass is 10.0. The molecule has 0 unspecified atom stereocenters. The molecule has 1 fully saturated rings. The maximum Gasteiger partial charge on any atom is 0.339 e. The molecular formula is C22H25N3O2. The molecule has 5 heteroatoms. The molecule has 2 heterocycles. The van der Waals surface area contributed by atoms with Crippen LogP contribution in [0.15, 0.2) is 36.7 Å². The summed E-state index contributed by atoms with van der Waals surface area (Å²) in [6.07, 6.45) is 6.78. The van der Waals surface area contributed by atoms with E-state index in [0.29, 0.717) is 23.8 Å². The summed E-state index contributed by atoms with van der Waals surface area (Å²) in [5.41, 5.74) is 4.74. The van der Waals surface area contributed by atoms with Crippen LogP contribution in [0.1, 0.15) is 59.8 Å². The Morgan fingerprint density at radius 3 is 2.78 bits per heavy atom. The lowest BCUT2D eigenvalue weighted by molar-refractivity contribution is 0.0599. The average Bonchev–Trinajstić information content (AvgIpc) is 3.44. The van der Waals surface area contributed by atoms with Gasteiger partial charge in [0.05, 0.1) is 30.1 Å². The number of nitrogens with zero attached hydrogens (tertiary/aromatic N) is 3. The van der Waals surface area contributed by atoms with Crippen LogP contribution in [0.25, 0.3) is 10.9 Å². The Bertz CT molecular complexity index is 986. The van der Waals surface area contributed by atoms with Crippen LogP contribution in [0, 0.1) is 5.92 Å². The molecule has 0 aliphatic heterocycles. The van der Waals surface area contributed by atoms with Crippen LogP contribution in [-0.4, -0.2) is 27.8 Å². The van der Waals surface area contributed by atoms with Gasteiger partial charge in [-0.15, -0.1) is 0 Å². The van der Waals surface area contributed by atoms with Crippen molar-refractivity contribution in [2.75, 3.05) is 7.11 Å². The smallest absolute Gasteiger partial charge is 0.339 e. The third-order valence-electron chi connectivity index (χ3n) is 5.06. The molecular weight excluding hydrogens is 338 g/mol. The van der Waals surface area contributed by atoms with Gasteiger partial charge in [-0.05, 0) is 54.0 Å². The number of fused-ring (bicyclic) bond motifs is 1. The number of aromatic nitrogens is 3. The molecule has 4 rings (SSSR count). The van der Waals surface area contributed by atoms with Crippen LogP contribution in [-0.2, 0) is 17.7 Å². The van der Waals surface area contributed by atoms with E-state index in [4.69, 9.17) is 4.74 Å². The Morgan fingerprint density at radius 1 is 1.26 bits per heavy atom. The van der Waals surface area contributed by atoms with E-state index in [1.807, 2.05) is 23.1 Å². The van der Waals surface area contributed by atoms with Crippen molar-refractivity contribution in [2.45, 2.75) is 45.6 Å². The Kier molecular flexibility index (Phi) is 4.68. The maximum atomic E-state index is 12.3. The van der Waals surface area contributed by atoms with Gasteiger partial charge in [0.15, 0.2) is 0 Å².